The Morgan fingerprint density at radius 3 is 2.70 bits per heavy atom. The highest BCUT2D eigenvalue weighted by atomic mass is 32.1. The minimum absolute atomic E-state index is 0.0652. The quantitative estimate of drug-likeness (QED) is 0.449. The number of esters is 1. The summed E-state index contributed by atoms with van der Waals surface area (Å²) < 4.78 is 7.34. The van der Waals surface area contributed by atoms with Crippen LogP contribution in [0.4, 0.5) is 10.7 Å². The molecule has 0 radical (unpaired) electrons. The van der Waals surface area contributed by atoms with Gasteiger partial charge in [0.05, 0.1) is 6.61 Å². The normalized spacial score (nSPS) is 11.2. The van der Waals surface area contributed by atoms with Crippen molar-refractivity contribution in [2.75, 3.05) is 11.9 Å². The Kier molecular flexibility index (Phi) is 4.49. The van der Waals surface area contributed by atoms with Crippen LogP contribution in [0.2, 0.25) is 0 Å². The van der Waals surface area contributed by atoms with Crippen LogP contribution in [0, 0.1) is 0 Å². The number of hydrogen-bond donors (Lipinski definition) is 2. The van der Waals surface area contributed by atoms with E-state index in [0.717, 1.165) is 17.6 Å². The highest BCUT2D eigenvalue weighted by molar-refractivity contribution is 7.15. The Hall–Kier alpha value is -2.99. The lowest BCUT2D eigenvalue weighted by atomic mass is 10.1. The average Bonchev–Trinajstić information content (AvgIpc) is 3.19. The molecule has 0 aliphatic rings. The van der Waals surface area contributed by atoms with Crippen LogP contribution in [0.1, 0.15) is 24.2 Å². The summed E-state index contributed by atoms with van der Waals surface area (Å²) in [5.74, 6) is -0.591. The molecule has 2 aromatic heterocycles. The van der Waals surface area contributed by atoms with Crippen LogP contribution < -0.4 is 5.32 Å². The van der Waals surface area contributed by atoms with Gasteiger partial charge in [-0.3, -0.25) is 0 Å². The first-order chi connectivity index (χ1) is 13.1. The van der Waals surface area contributed by atoms with Crippen molar-refractivity contribution in [1.29, 1.82) is 0 Å². The van der Waals surface area contributed by atoms with E-state index in [0.29, 0.717) is 5.00 Å². The average molecular weight is 380 g/mol. The molecule has 0 unspecified atom stereocenters. The Labute approximate surface area is 160 Å². The molecule has 5 nitrogen and oxygen atoms in total. The van der Waals surface area contributed by atoms with Crippen LogP contribution in [0.3, 0.4) is 0 Å². The van der Waals surface area contributed by atoms with E-state index in [-0.39, 0.29) is 17.9 Å². The van der Waals surface area contributed by atoms with E-state index < -0.39 is 5.97 Å². The molecule has 0 amide bonds. The Morgan fingerprint density at radius 1 is 1.15 bits per heavy atom. The van der Waals surface area contributed by atoms with Gasteiger partial charge in [0, 0.05) is 39.4 Å². The fourth-order valence-electron chi connectivity index (χ4n) is 3.44. The molecule has 6 heteroatoms. The molecule has 138 valence electrons. The van der Waals surface area contributed by atoms with Gasteiger partial charge in [-0.2, -0.15) is 0 Å². The summed E-state index contributed by atoms with van der Waals surface area (Å²) in [6, 6.07) is 14.5. The fourth-order valence-corrected chi connectivity index (χ4v) is 4.27. The number of aromatic nitrogens is 1. The Morgan fingerprint density at radius 2 is 1.93 bits per heavy atom. The van der Waals surface area contributed by atoms with Crippen molar-refractivity contribution in [3.63, 3.8) is 0 Å². The number of carbonyl (C=O) groups excluding carboxylic acids is 1. The minimum Gasteiger partial charge on any atom is -0.506 e. The Balaban J connectivity index is 1.78. The molecule has 2 N–H and O–H groups in total. The van der Waals surface area contributed by atoms with E-state index in [1.807, 2.05) is 18.2 Å². The lowest BCUT2D eigenvalue weighted by Crippen LogP contribution is -2.06. The molecule has 0 fully saturated rings. The number of rotatable bonds is 5. The number of aryl methyl sites for hydroxylation is 1. The zero-order valence-corrected chi connectivity index (χ0v) is 16.0. The first-order valence-electron chi connectivity index (χ1n) is 8.89. The summed E-state index contributed by atoms with van der Waals surface area (Å²) in [6.45, 7) is 5.03. The number of anilines is 2. The molecule has 0 spiro atoms. The lowest BCUT2D eigenvalue weighted by Gasteiger charge is -2.08. The van der Waals surface area contributed by atoms with Crippen LogP contribution >= 0.6 is 11.3 Å². The van der Waals surface area contributed by atoms with E-state index in [1.54, 1.807) is 6.92 Å². The maximum absolute atomic E-state index is 12.1. The zero-order valence-electron chi connectivity index (χ0n) is 15.2. The third kappa shape index (κ3) is 2.92. The highest BCUT2D eigenvalue weighted by Crippen LogP contribution is 2.37. The Bertz CT molecular complexity index is 1140. The van der Waals surface area contributed by atoms with E-state index in [4.69, 9.17) is 4.74 Å². The molecular formula is C21H20N2O3S. The number of ether oxygens (including phenoxy) is 1. The standard InChI is InChI=1S/C21H20N2O3S/c1-3-23-16-8-6-5-7-14(16)15-11-13(9-10-17(15)23)22-20-19(18(24)12-27-20)21(25)26-4-2/h5-12,22,24H,3-4H2,1-2H3. The topological polar surface area (TPSA) is 63.5 Å². The molecular weight excluding hydrogens is 360 g/mol. The second kappa shape index (κ2) is 6.96. The highest BCUT2D eigenvalue weighted by Gasteiger charge is 2.20. The number of para-hydroxylation sites is 1. The fraction of sp³-hybridized carbons (Fsp3) is 0.190. The molecule has 0 saturated carbocycles. The molecule has 27 heavy (non-hydrogen) atoms. The number of carbonyl (C=O) groups is 1. The molecule has 0 saturated heterocycles. The smallest absolute Gasteiger partial charge is 0.344 e. The summed E-state index contributed by atoms with van der Waals surface area (Å²) >= 11 is 1.28. The molecule has 2 aromatic carbocycles. The van der Waals surface area contributed by atoms with Gasteiger partial charge < -0.3 is 19.7 Å². The van der Waals surface area contributed by atoms with Crippen LogP contribution in [0.5, 0.6) is 5.75 Å². The second-order valence-electron chi connectivity index (χ2n) is 6.16. The minimum atomic E-state index is -0.526. The van der Waals surface area contributed by atoms with E-state index in [2.05, 4.69) is 41.1 Å². The van der Waals surface area contributed by atoms with Crippen LogP contribution in [-0.4, -0.2) is 22.2 Å². The summed E-state index contributed by atoms with van der Waals surface area (Å²) in [6.07, 6.45) is 0. The number of nitrogens with zero attached hydrogens (tertiary/aromatic N) is 1. The summed E-state index contributed by atoms with van der Waals surface area (Å²) in [5.41, 5.74) is 3.41. The molecule has 4 aromatic rings. The van der Waals surface area contributed by atoms with Crippen molar-refractivity contribution in [3.8, 4) is 5.75 Å². The predicted molar refractivity (Wildman–Crippen MR) is 110 cm³/mol. The van der Waals surface area contributed by atoms with Gasteiger partial charge in [-0.05, 0) is 38.1 Å². The largest absolute Gasteiger partial charge is 0.506 e. The van der Waals surface area contributed by atoms with Crippen molar-refractivity contribution in [1.82, 2.24) is 4.57 Å². The van der Waals surface area contributed by atoms with Gasteiger partial charge in [0.15, 0.2) is 0 Å². The maximum atomic E-state index is 12.1. The number of benzene rings is 2. The third-order valence-electron chi connectivity index (χ3n) is 4.60. The summed E-state index contributed by atoms with van der Waals surface area (Å²) in [4.78, 5) is 12.1. The van der Waals surface area contributed by atoms with Crippen molar-refractivity contribution in [2.45, 2.75) is 20.4 Å². The molecule has 0 atom stereocenters. The van der Waals surface area contributed by atoms with Crippen LogP contribution in [0.15, 0.2) is 47.8 Å². The third-order valence-corrected chi connectivity index (χ3v) is 5.48. The number of hydrogen-bond acceptors (Lipinski definition) is 5. The second-order valence-corrected chi connectivity index (χ2v) is 7.04. The van der Waals surface area contributed by atoms with Crippen molar-refractivity contribution in [2.24, 2.45) is 0 Å². The maximum Gasteiger partial charge on any atom is 0.344 e. The van der Waals surface area contributed by atoms with Crippen LogP contribution in [0.25, 0.3) is 21.8 Å². The van der Waals surface area contributed by atoms with Gasteiger partial charge in [0.1, 0.15) is 16.3 Å². The summed E-state index contributed by atoms with van der Waals surface area (Å²) in [7, 11) is 0. The van der Waals surface area contributed by atoms with Gasteiger partial charge in [-0.1, -0.05) is 18.2 Å². The number of fused-ring (bicyclic) bond motifs is 3. The van der Waals surface area contributed by atoms with Gasteiger partial charge in [0.25, 0.3) is 0 Å². The zero-order chi connectivity index (χ0) is 19.0. The first kappa shape index (κ1) is 17.4. The SMILES string of the molecule is CCOC(=O)c1c(O)csc1Nc1ccc2c(c1)c1ccccc1n2CC. The summed E-state index contributed by atoms with van der Waals surface area (Å²) in [5, 5.41) is 17.7. The van der Waals surface area contributed by atoms with Gasteiger partial charge in [-0.15, -0.1) is 11.3 Å². The van der Waals surface area contributed by atoms with Crippen molar-refractivity contribution in [3.05, 3.63) is 53.4 Å². The number of thiophene rings is 1. The molecule has 0 aliphatic carbocycles. The van der Waals surface area contributed by atoms with E-state index in [9.17, 15) is 9.90 Å². The van der Waals surface area contributed by atoms with E-state index >= 15 is 0 Å². The van der Waals surface area contributed by atoms with Crippen molar-refractivity contribution >= 4 is 49.8 Å². The molecule has 0 bridgehead atoms. The van der Waals surface area contributed by atoms with Gasteiger partial charge in [0.2, 0.25) is 0 Å². The monoisotopic (exact) mass is 380 g/mol. The number of nitrogens with one attached hydrogen (secondary N) is 1. The molecule has 2 heterocycles. The van der Waals surface area contributed by atoms with Crippen molar-refractivity contribution < 1.29 is 14.6 Å². The van der Waals surface area contributed by atoms with Gasteiger partial charge >= 0.3 is 5.97 Å². The molecule has 4 rings (SSSR count). The number of aromatic hydroxyl groups is 1. The predicted octanol–water partition coefficient (Wildman–Crippen LogP) is 5.50. The first-order valence-corrected chi connectivity index (χ1v) is 9.77. The van der Waals surface area contributed by atoms with E-state index in [1.165, 1.54) is 33.1 Å². The molecule has 0 aliphatic heterocycles. The van der Waals surface area contributed by atoms with Gasteiger partial charge in [-0.25, -0.2) is 4.79 Å². The van der Waals surface area contributed by atoms with Crippen LogP contribution in [-0.2, 0) is 11.3 Å². The lowest BCUT2D eigenvalue weighted by molar-refractivity contribution is 0.0525.